The summed E-state index contributed by atoms with van der Waals surface area (Å²) in [6.45, 7) is 7.89. The second kappa shape index (κ2) is 8.58. The van der Waals surface area contributed by atoms with E-state index in [0.717, 1.165) is 5.69 Å². The van der Waals surface area contributed by atoms with Crippen LogP contribution in [0, 0.1) is 5.92 Å². The Morgan fingerprint density at radius 1 is 1.16 bits per heavy atom. The number of carbonyl (C=O) groups excluding carboxylic acids is 2. The van der Waals surface area contributed by atoms with Crippen LogP contribution in [0.3, 0.4) is 0 Å². The van der Waals surface area contributed by atoms with Gasteiger partial charge in [-0.2, -0.15) is 0 Å². The maximum Gasteiger partial charge on any atom is 0.253 e. The highest BCUT2D eigenvalue weighted by molar-refractivity contribution is 9.10. The van der Waals surface area contributed by atoms with E-state index < -0.39 is 6.04 Å². The van der Waals surface area contributed by atoms with E-state index in [1.807, 2.05) is 25.3 Å². The number of aromatic nitrogens is 1. The summed E-state index contributed by atoms with van der Waals surface area (Å²) in [5, 5.41) is 8.12. The summed E-state index contributed by atoms with van der Waals surface area (Å²) in [4.78, 5) is 29.5. The number of halogens is 1. The third-order valence-electron chi connectivity index (χ3n) is 3.70. The lowest BCUT2D eigenvalue weighted by Gasteiger charge is -2.21. The standard InChI is InChI=1S/C18H22BrN3O2S/c1-10(2)14-9-25-18(20-14)22-17(24)15(11(3)4)21-16(23)12-7-5-6-8-13(12)19/h5-11,15H,1-4H3,(H,21,23)(H,20,22,24). The van der Waals surface area contributed by atoms with Crippen molar-refractivity contribution in [1.82, 2.24) is 10.3 Å². The van der Waals surface area contributed by atoms with Crippen LogP contribution in [0.25, 0.3) is 0 Å². The summed E-state index contributed by atoms with van der Waals surface area (Å²) in [6.07, 6.45) is 0. The average Bonchev–Trinajstić information content (AvgIpc) is 3.01. The number of rotatable bonds is 6. The van der Waals surface area contributed by atoms with Crippen LogP contribution in [0.15, 0.2) is 34.1 Å². The molecule has 0 aliphatic heterocycles. The van der Waals surface area contributed by atoms with Gasteiger partial charge in [-0.1, -0.05) is 39.8 Å². The lowest BCUT2D eigenvalue weighted by Crippen LogP contribution is -2.47. The molecule has 1 heterocycles. The molecule has 2 amide bonds. The van der Waals surface area contributed by atoms with Crippen molar-refractivity contribution in [3.63, 3.8) is 0 Å². The lowest BCUT2D eigenvalue weighted by atomic mass is 10.0. The zero-order valence-electron chi connectivity index (χ0n) is 14.7. The normalized spacial score (nSPS) is 12.3. The van der Waals surface area contributed by atoms with E-state index in [1.165, 1.54) is 11.3 Å². The first-order valence-electron chi connectivity index (χ1n) is 8.11. The molecule has 0 bridgehead atoms. The minimum absolute atomic E-state index is 0.0593. The minimum Gasteiger partial charge on any atom is -0.340 e. The molecule has 2 aromatic rings. The highest BCUT2D eigenvalue weighted by Crippen LogP contribution is 2.22. The third-order valence-corrected chi connectivity index (χ3v) is 5.17. The molecule has 1 aromatic carbocycles. The van der Waals surface area contributed by atoms with Crippen LogP contribution < -0.4 is 10.6 Å². The molecular formula is C18H22BrN3O2S. The Bertz CT molecular complexity index is 758. The smallest absolute Gasteiger partial charge is 0.253 e. The molecule has 7 heteroatoms. The largest absolute Gasteiger partial charge is 0.340 e. The van der Waals surface area contributed by atoms with Crippen molar-refractivity contribution in [3.8, 4) is 0 Å². The van der Waals surface area contributed by atoms with Crippen LogP contribution in [0.4, 0.5) is 5.13 Å². The fourth-order valence-electron chi connectivity index (χ4n) is 2.19. The monoisotopic (exact) mass is 423 g/mol. The molecule has 1 atom stereocenters. The van der Waals surface area contributed by atoms with E-state index in [9.17, 15) is 9.59 Å². The number of nitrogens with one attached hydrogen (secondary N) is 2. The van der Waals surface area contributed by atoms with E-state index in [1.54, 1.807) is 18.2 Å². The van der Waals surface area contributed by atoms with Gasteiger partial charge < -0.3 is 10.6 Å². The summed E-state index contributed by atoms with van der Waals surface area (Å²) in [7, 11) is 0. The van der Waals surface area contributed by atoms with Crippen LogP contribution in [0.2, 0.25) is 0 Å². The SMILES string of the molecule is CC(C)c1csc(NC(=O)C(NC(=O)c2ccccc2Br)C(C)C)n1. The zero-order chi connectivity index (χ0) is 18.6. The predicted octanol–water partition coefficient (Wildman–Crippen LogP) is 4.42. The van der Waals surface area contributed by atoms with Crippen molar-refractivity contribution in [2.45, 2.75) is 39.7 Å². The topological polar surface area (TPSA) is 71.1 Å². The van der Waals surface area contributed by atoms with Crippen molar-refractivity contribution in [3.05, 3.63) is 45.4 Å². The highest BCUT2D eigenvalue weighted by atomic mass is 79.9. The first-order chi connectivity index (χ1) is 11.8. The third kappa shape index (κ3) is 5.12. The number of carbonyl (C=O) groups is 2. The van der Waals surface area contributed by atoms with Gasteiger partial charge in [-0.25, -0.2) is 4.98 Å². The summed E-state index contributed by atoms with van der Waals surface area (Å²) < 4.78 is 0.692. The molecule has 0 spiro atoms. The molecule has 0 fully saturated rings. The molecule has 0 aliphatic rings. The number of benzene rings is 1. The molecule has 2 rings (SSSR count). The van der Waals surface area contributed by atoms with Gasteiger partial charge in [0.25, 0.3) is 5.91 Å². The Hall–Kier alpha value is -1.73. The summed E-state index contributed by atoms with van der Waals surface area (Å²) in [6, 6.07) is 6.48. The maximum absolute atomic E-state index is 12.6. The first kappa shape index (κ1) is 19.6. The van der Waals surface area contributed by atoms with Gasteiger partial charge in [-0.15, -0.1) is 11.3 Å². The van der Waals surface area contributed by atoms with Gasteiger partial charge in [-0.3, -0.25) is 9.59 Å². The van der Waals surface area contributed by atoms with Crippen LogP contribution in [0.5, 0.6) is 0 Å². The van der Waals surface area contributed by atoms with Crippen molar-refractivity contribution in [2.75, 3.05) is 5.32 Å². The predicted molar refractivity (Wildman–Crippen MR) is 105 cm³/mol. The fourth-order valence-corrected chi connectivity index (χ4v) is 3.53. The van der Waals surface area contributed by atoms with Gasteiger partial charge in [0, 0.05) is 9.85 Å². The van der Waals surface area contributed by atoms with Crippen molar-refractivity contribution >= 4 is 44.2 Å². The van der Waals surface area contributed by atoms with Crippen molar-refractivity contribution < 1.29 is 9.59 Å². The number of amides is 2. The van der Waals surface area contributed by atoms with E-state index in [2.05, 4.69) is 45.4 Å². The molecule has 0 aliphatic carbocycles. The molecular weight excluding hydrogens is 402 g/mol. The fraction of sp³-hybridized carbons (Fsp3) is 0.389. The Balaban J connectivity index is 2.10. The summed E-state index contributed by atoms with van der Waals surface area (Å²) in [5.74, 6) is -0.308. The number of nitrogens with zero attached hydrogens (tertiary/aromatic N) is 1. The molecule has 1 unspecified atom stereocenters. The second-order valence-electron chi connectivity index (χ2n) is 6.40. The minimum atomic E-state index is -0.647. The number of hydrogen-bond acceptors (Lipinski definition) is 4. The van der Waals surface area contributed by atoms with Gasteiger partial charge in [0.15, 0.2) is 5.13 Å². The lowest BCUT2D eigenvalue weighted by molar-refractivity contribution is -0.118. The van der Waals surface area contributed by atoms with E-state index in [-0.39, 0.29) is 17.7 Å². The van der Waals surface area contributed by atoms with E-state index in [0.29, 0.717) is 21.1 Å². The molecule has 25 heavy (non-hydrogen) atoms. The Kier molecular flexibility index (Phi) is 6.72. The molecule has 1 aromatic heterocycles. The van der Waals surface area contributed by atoms with Gasteiger partial charge >= 0.3 is 0 Å². The van der Waals surface area contributed by atoms with E-state index >= 15 is 0 Å². The Labute approximate surface area is 160 Å². The molecule has 5 nitrogen and oxygen atoms in total. The average molecular weight is 424 g/mol. The van der Waals surface area contributed by atoms with Crippen LogP contribution >= 0.6 is 27.3 Å². The van der Waals surface area contributed by atoms with Gasteiger partial charge in [-0.05, 0) is 39.9 Å². The zero-order valence-corrected chi connectivity index (χ0v) is 17.1. The van der Waals surface area contributed by atoms with Crippen LogP contribution in [-0.4, -0.2) is 22.8 Å². The van der Waals surface area contributed by atoms with Gasteiger partial charge in [0.1, 0.15) is 6.04 Å². The Morgan fingerprint density at radius 3 is 2.40 bits per heavy atom. The van der Waals surface area contributed by atoms with Gasteiger partial charge in [0.05, 0.1) is 11.3 Å². The molecule has 134 valence electrons. The quantitative estimate of drug-likeness (QED) is 0.721. The molecule has 0 saturated heterocycles. The van der Waals surface area contributed by atoms with Crippen molar-refractivity contribution in [2.24, 2.45) is 5.92 Å². The summed E-state index contributed by atoms with van der Waals surface area (Å²) in [5.41, 5.74) is 1.44. The van der Waals surface area contributed by atoms with Crippen LogP contribution in [0.1, 0.15) is 49.7 Å². The molecule has 0 saturated carbocycles. The number of thiazole rings is 1. The second-order valence-corrected chi connectivity index (χ2v) is 8.11. The Morgan fingerprint density at radius 2 is 1.84 bits per heavy atom. The molecule has 2 N–H and O–H groups in total. The number of hydrogen-bond donors (Lipinski definition) is 2. The summed E-state index contributed by atoms with van der Waals surface area (Å²) >= 11 is 4.75. The van der Waals surface area contributed by atoms with E-state index in [4.69, 9.17) is 0 Å². The molecule has 0 radical (unpaired) electrons. The number of anilines is 1. The highest BCUT2D eigenvalue weighted by Gasteiger charge is 2.26. The van der Waals surface area contributed by atoms with Crippen molar-refractivity contribution in [1.29, 1.82) is 0 Å². The van der Waals surface area contributed by atoms with Gasteiger partial charge in [0.2, 0.25) is 5.91 Å². The first-order valence-corrected chi connectivity index (χ1v) is 9.78. The van der Waals surface area contributed by atoms with Crippen LogP contribution in [-0.2, 0) is 4.79 Å². The maximum atomic E-state index is 12.6.